The van der Waals surface area contributed by atoms with Gasteiger partial charge in [-0.1, -0.05) is 48.5 Å². The summed E-state index contributed by atoms with van der Waals surface area (Å²) in [6.07, 6.45) is 1.49. The van der Waals surface area contributed by atoms with Crippen LogP contribution in [0, 0.1) is 6.92 Å². The Bertz CT molecular complexity index is 829. The molecule has 0 aliphatic carbocycles. The second-order valence-electron chi connectivity index (χ2n) is 5.59. The number of para-hydroxylation sites is 1. The maximum atomic E-state index is 12.2. The molecule has 2 amide bonds. The van der Waals surface area contributed by atoms with Crippen LogP contribution in [0.2, 0.25) is 0 Å². The van der Waals surface area contributed by atoms with Gasteiger partial charge in [0.2, 0.25) is 5.91 Å². The number of amides is 2. The van der Waals surface area contributed by atoms with Gasteiger partial charge in [-0.2, -0.15) is 0 Å². The van der Waals surface area contributed by atoms with Gasteiger partial charge in [0.1, 0.15) is 5.70 Å². The number of hydrogen-bond donors (Lipinski definition) is 2. The number of carbonyl (C=O) groups excluding carboxylic acids is 3. The Kier molecular flexibility index (Phi) is 6.68. The standard InChI is InChI=1S/C20H20N2O4/c1-14-8-6-7-11-17(14)22-19(24)13-26-20(25)18(21-15(2)23)12-16-9-4-3-5-10-16/h3-12H,13H2,1-2H3,(H,21,23)(H,22,24)/b18-12-. The van der Waals surface area contributed by atoms with E-state index in [1.165, 1.54) is 13.0 Å². The van der Waals surface area contributed by atoms with Crippen molar-refractivity contribution in [2.45, 2.75) is 13.8 Å². The van der Waals surface area contributed by atoms with E-state index in [1.54, 1.807) is 36.4 Å². The number of ether oxygens (including phenoxy) is 1. The van der Waals surface area contributed by atoms with Gasteiger partial charge >= 0.3 is 5.97 Å². The van der Waals surface area contributed by atoms with Crippen molar-refractivity contribution in [3.8, 4) is 0 Å². The lowest BCUT2D eigenvalue weighted by Crippen LogP contribution is -2.29. The Morgan fingerprint density at radius 3 is 2.31 bits per heavy atom. The Labute approximate surface area is 151 Å². The number of aryl methyl sites for hydroxylation is 1. The molecule has 2 aromatic carbocycles. The topological polar surface area (TPSA) is 84.5 Å². The van der Waals surface area contributed by atoms with Crippen LogP contribution < -0.4 is 10.6 Å². The molecule has 0 heterocycles. The van der Waals surface area contributed by atoms with E-state index in [2.05, 4.69) is 10.6 Å². The minimum absolute atomic E-state index is 0.0348. The number of nitrogens with one attached hydrogen (secondary N) is 2. The van der Waals surface area contributed by atoms with E-state index in [4.69, 9.17) is 4.74 Å². The van der Waals surface area contributed by atoms with Crippen LogP contribution in [0.5, 0.6) is 0 Å². The van der Waals surface area contributed by atoms with E-state index in [9.17, 15) is 14.4 Å². The Hall–Kier alpha value is -3.41. The fourth-order valence-electron chi connectivity index (χ4n) is 2.16. The first-order valence-corrected chi connectivity index (χ1v) is 8.02. The number of benzene rings is 2. The van der Waals surface area contributed by atoms with Crippen molar-refractivity contribution in [1.82, 2.24) is 5.32 Å². The molecule has 0 bridgehead atoms. The largest absolute Gasteiger partial charge is 0.451 e. The molecular weight excluding hydrogens is 332 g/mol. The van der Waals surface area contributed by atoms with Gasteiger partial charge in [-0.3, -0.25) is 9.59 Å². The monoisotopic (exact) mass is 352 g/mol. The summed E-state index contributed by atoms with van der Waals surface area (Å²) in [5.41, 5.74) is 2.23. The van der Waals surface area contributed by atoms with E-state index in [-0.39, 0.29) is 5.70 Å². The molecule has 0 fully saturated rings. The summed E-state index contributed by atoms with van der Waals surface area (Å²) in [5, 5.41) is 5.10. The molecule has 2 N–H and O–H groups in total. The second kappa shape index (κ2) is 9.17. The van der Waals surface area contributed by atoms with E-state index in [0.29, 0.717) is 5.69 Å². The van der Waals surface area contributed by atoms with Crippen LogP contribution >= 0.6 is 0 Å². The Morgan fingerprint density at radius 2 is 1.65 bits per heavy atom. The van der Waals surface area contributed by atoms with Gasteiger partial charge in [-0.05, 0) is 30.2 Å². The normalized spacial score (nSPS) is 10.8. The zero-order chi connectivity index (χ0) is 18.9. The van der Waals surface area contributed by atoms with Crippen molar-refractivity contribution in [2.75, 3.05) is 11.9 Å². The van der Waals surface area contributed by atoms with Crippen LogP contribution in [0.15, 0.2) is 60.3 Å². The van der Waals surface area contributed by atoms with Crippen molar-refractivity contribution in [3.05, 3.63) is 71.4 Å². The molecular formula is C20H20N2O4. The van der Waals surface area contributed by atoms with Gasteiger partial charge in [0.05, 0.1) is 0 Å². The number of anilines is 1. The van der Waals surface area contributed by atoms with Crippen molar-refractivity contribution >= 4 is 29.5 Å². The predicted molar refractivity (Wildman–Crippen MR) is 99.0 cm³/mol. The maximum Gasteiger partial charge on any atom is 0.355 e. The lowest BCUT2D eigenvalue weighted by molar-refractivity contribution is -0.144. The van der Waals surface area contributed by atoms with Crippen LogP contribution in [0.25, 0.3) is 6.08 Å². The molecule has 0 radical (unpaired) electrons. The summed E-state index contributed by atoms with van der Waals surface area (Å²) in [4.78, 5) is 35.5. The molecule has 0 aromatic heterocycles. The Balaban J connectivity index is 2.00. The molecule has 0 atom stereocenters. The zero-order valence-corrected chi connectivity index (χ0v) is 14.6. The van der Waals surface area contributed by atoms with Crippen molar-refractivity contribution < 1.29 is 19.1 Å². The van der Waals surface area contributed by atoms with Crippen LogP contribution in [0.3, 0.4) is 0 Å². The molecule has 6 heteroatoms. The molecule has 0 aliphatic heterocycles. The highest BCUT2D eigenvalue weighted by Gasteiger charge is 2.15. The van der Waals surface area contributed by atoms with Gasteiger partial charge in [0, 0.05) is 12.6 Å². The van der Waals surface area contributed by atoms with Gasteiger partial charge in [-0.25, -0.2) is 4.79 Å². The number of carbonyl (C=O) groups is 3. The fourth-order valence-corrected chi connectivity index (χ4v) is 2.16. The van der Waals surface area contributed by atoms with Gasteiger partial charge in [0.15, 0.2) is 6.61 Å². The first-order valence-electron chi connectivity index (χ1n) is 8.02. The van der Waals surface area contributed by atoms with Crippen molar-refractivity contribution in [3.63, 3.8) is 0 Å². The van der Waals surface area contributed by atoms with E-state index < -0.39 is 24.4 Å². The SMILES string of the molecule is CC(=O)N/C(=C\c1ccccc1)C(=O)OCC(=O)Nc1ccccc1C. The van der Waals surface area contributed by atoms with Crippen LogP contribution in [0.4, 0.5) is 5.69 Å². The quantitative estimate of drug-likeness (QED) is 0.618. The molecule has 134 valence electrons. The van der Waals surface area contributed by atoms with E-state index >= 15 is 0 Å². The second-order valence-corrected chi connectivity index (χ2v) is 5.59. The molecule has 0 saturated carbocycles. The summed E-state index contributed by atoms with van der Waals surface area (Å²) in [5.74, 6) is -1.66. The number of rotatable bonds is 6. The molecule has 0 spiro atoms. The molecule has 26 heavy (non-hydrogen) atoms. The van der Waals surface area contributed by atoms with Crippen LogP contribution in [0.1, 0.15) is 18.1 Å². The average molecular weight is 352 g/mol. The van der Waals surface area contributed by atoms with Crippen molar-refractivity contribution in [1.29, 1.82) is 0 Å². The summed E-state index contributed by atoms with van der Waals surface area (Å²) in [6.45, 7) is 2.69. The maximum absolute atomic E-state index is 12.2. The zero-order valence-electron chi connectivity index (χ0n) is 14.6. The lowest BCUT2D eigenvalue weighted by Gasteiger charge is -2.10. The van der Waals surface area contributed by atoms with E-state index in [1.807, 2.05) is 25.1 Å². The predicted octanol–water partition coefficient (Wildman–Crippen LogP) is 2.65. The molecule has 0 saturated heterocycles. The minimum Gasteiger partial charge on any atom is -0.451 e. The highest BCUT2D eigenvalue weighted by molar-refractivity contribution is 5.99. The molecule has 0 aliphatic rings. The summed E-state index contributed by atoms with van der Waals surface area (Å²) >= 11 is 0. The smallest absolute Gasteiger partial charge is 0.355 e. The highest BCUT2D eigenvalue weighted by Crippen LogP contribution is 2.13. The van der Waals surface area contributed by atoms with E-state index in [0.717, 1.165) is 11.1 Å². The van der Waals surface area contributed by atoms with Gasteiger partial charge < -0.3 is 15.4 Å². The summed E-state index contributed by atoms with van der Waals surface area (Å²) in [7, 11) is 0. The third kappa shape index (κ3) is 5.90. The summed E-state index contributed by atoms with van der Waals surface area (Å²) < 4.78 is 5.02. The van der Waals surface area contributed by atoms with Crippen LogP contribution in [-0.2, 0) is 19.1 Å². The van der Waals surface area contributed by atoms with Crippen molar-refractivity contribution in [2.24, 2.45) is 0 Å². The molecule has 6 nitrogen and oxygen atoms in total. The molecule has 2 aromatic rings. The van der Waals surface area contributed by atoms with Gasteiger partial charge in [0.25, 0.3) is 5.91 Å². The minimum atomic E-state index is -0.788. The highest BCUT2D eigenvalue weighted by atomic mass is 16.5. The fraction of sp³-hybridized carbons (Fsp3) is 0.150. The first-order chi connectivity index (χ1) is 12.5. The molecule has 2 rings (SSSR count). The third-order valence-electron chi connectivity index (χ3n) is 3.39. The van der Waals surface area contributed by atoms with Crippen LogP contribution in [-0.4, -0.2) is 24.4 Å². The lowest BCUT2D eigenvalue weighted by atomic mass is 10.2. The third-order valence-corrected chi connectivity index (χ3v) is 3.39. The summed E-state index contributed by atoms with van der Waals surface area (Å²) in [6, 6.07) is 16.3. The van der Waals surface area contributed by atoms with Gasteiger partial charge in [-0.15, -0.1) is 0 Å². The average Bonchev–Trinajstić information content (AvgIpc) is 2.61. The number of hydrogen-bond acceptors (Lipinski definition) is 4. The first kappa shape index (κ1) is 18.9. The molecule has 0 unspecified atom stereocenters. The Morgan fingerprint density at radius 1 is 1.00 bits per heavy atom. The number of esters is 1.